The molecule has 3 saturated heterocycles. The Labute approximate surface area is 97.5 Å². The van der Waals surface area contributed by atoms with Gasteiger partial charge in [0.1, 0.15) is 0 Å². The van der Waals surface area contributed by atoms with Gasteiger partial charge in [0.2, 0.25) is 0 Å². The molecular formula is C13H22N2O. The normalized spacial score (nSPS) is 50.1. The van der Waals surface area contributed by atoms with Crippen molar-refractivity contribution in [3.63, 3.8) is 0 Å². The molecule has 1 unspecified atom stereocenters. The minimum Gasteiger partial charge on any atom is -0.372 e. The highest BCUT2D eigenvalue weighted by Gasteiger charge is 2.56. The Morgan fingerprint density at radius 1 is 1.19 bits per heavy atom. The highest BCUT2D eigenvalue weighted by atomic mass is 16.5. The molecule has 4 aliphatic rings. The van der Waals surface area contributed by atoms with Crippen LogP contribution in [0.4, 0.5) is 0 Å². The molecule has 4 fully saturated rings. The zero-order chi connectivity index (χ0) is 10.8. The van der Waals surface area contributed by atoms with Crippen LogP contribution in [-0.2, 0) is 4.74 Å². The summed E-state index contributed by atoms with van der Waals surface area (Å²) in [6.07, 6.45) is 7.92. The maximum Gasteiger partial charge on any atom is 0.0839 e. The van der Waals surface area contributed by atoms with E-state index in [0.29, 0.717) is 5.54 Å². The van der Waals surface area contributed by atoms with Crippen LogP contribution in [0.3, 0.4) is 0 Å². The van der Waals surface area contributed by atoms with Gasteiger partial charge in [-0.05, 0) is 45.6 Å². The fraction of sp³-hybridized carbons (Fsp3) is 1.00. The first kappa shape index (κ1) is 9.86. The SMILES string of the molecule is CN1CC2(C[C@H]3CC[C@@H](C2)N3)OCC12CC2. The van der Waals surface area contributed by atoms with E-state index >= 15 is 0 Å². The zero-order valence-corrected chi connectivity index (χ0v) is 10.2. The van der Waals surface area contributed by atoms with Gasteiger partial charge in [-0.2, -0.15) is 0 Å². The highest BCUT2D eigenvalue weighted by Crippen LogP contribution is 2.49. The summed E-state index contributed by atoms with van der Waals surface area (Å²) < 4.78 is 6.35. The molecule has 2 spiro atoms. The van der Waals surface area contributed by atoms with Gasteiger partial charge in [0.15, 0.2) is 0 Å². The topological polar surface area (TPSA) is 24.5 Å². The van der Waals surface area contributed by atoms with Crippen LogP contribution in [0.1, 0.15) is 38.5 Å². The number of piperidine rings is 1. The second-order valence-corrected chi connectivity index (χ2v) is 6.60. The van der Waals surface area contributed by atoms with Gasteiger partial charge in [0, 0.05) is 24.2 Å². The molecule has 0 amide bonds. The van der Waals surface area contributed by atoms with Gasteiger partial charge in [-0.3, -0.25) is 4.90 Å². The third-order valence-electron chi connectivity index (χ3n) is 5.38. The third-order valence-corrected chi connectivity index (χ3v) is 5.38. The molecule has 0 aromatic carbocycles. The number of hydrogen-bond donors (Lipinski definition) is 1. The van der Waals surface area contributed by atoms with Crippen LogP contribution in [0.25, 0.3) is 0 Å². The van der Waals surface area contributed by atoms with Crippen molar-refractivity contribution in [1.29, 1.82) is 0 Å². The second kappa shape index (κ2) is 3.01. The molecular weight excluding hydrogens is 200 g/mol. The molecule has 2 bridgehead atoms. The van der Waals surface area contributed by atoms with E-state index in [1.54, 1.807) is 0 Å². The standard InChI is InChI=1S/C13H22N2O/c1-15-8-13(16-9-12(15)4-5-12)6-10-2-3-11(7-13)14-10/h10-11,14H,2-9H2,1H3/t10-,11+,13?. The van der Waals surface area contributed by atoms with E-state index in [2.05, 4.69) is 17.3 Å². The molecule has 1 N–H and O–H groups in total. The fourth-order valence-electron chi connectivity index (χ4n) is 4.17. The van der Waals surface area contributed by atoms with E-state index < -0.39 is 0 Å². The summed E-state index contributed by atoms with van der Waals surface area (Å²) in [5, 5.41) is 3.71. The van der Waals surface area contributed by atoms with Gasteiger partial charge in [0.05, 0.1) is 12.2 Å². The maximum atomic E-state index is 6.35. The molecule has 0 aromatic rings. The first-order valence-corrected chi connectivity index (χ1v) is 6.81. The van der Waals surface area contributed by atoms with Gasteiger partial charge < -0.3 is 10.1 Å². The Morgan fingerprint density at radius 3 is 2.44 bits per heavy atom. The van der Waals surface area contributed by atoms with Crippen LogP contribution in [-0.4, -0.2) is 48.3 Å². The van der Waals surface area contributed by atoms with Crippen LogP contribution in [0.15, 0.2) is 0 Å². The molecule has 0 radical (unpaired) electrons. The van der Waals surface area contributed by atoms with Gasteiger partial charge in [-0.25, -0.2) is 0 Å². The van der Waals surface area contributed by atoms with Gasteiger partial charge in [-0.1, -0.05) is 0 Å². The van der Waals surface area contributed by atoms with Crippen molar-refractivity contribution in [3.8, 4) is 0 Å². The molecule has 3 heteroatoms. The maximum absolute atomic E-state index is 6.35. The van der Waals surface area contributed by atoms with Crippen molar-refractivity contribution in [3.05, 3.63) is 0 Å². The molecule has 3 nitrogen and oxygen atoms in total. The van der Waals surface area contributed by atoms with E-state index in [-0.39, 0.29) is 5.60 Å². The van der Waals surface area contributed by atoms with Crippen molar-refractivity contribution in [2.45, 2.75) is 61.7 Å². The lowest BCUT2D eigenvalue weighted by Gasteiger charge is -2.49. The fourth-order valence-corrected chi connectivity index (χ4v) is 4.17. The summed E-state index contributed by atoms with van der Waals surface area (Å²) in [4.78, 5) is 2.60. The number of morpholine rings is 1. The van der Waals surface area contributed by atoms with Crippen molar-refractivity contribution >= 4 is 0 Å². The summed E-state index contributed by atoms with van der Waals surface area (Å²) in [6.45, 7) is 2.16. The Hall–Kier alpha value is -0.120. The Balaban J connectivity index is 1.55. The minimum atomic E-state index is 0.194. The highest BCUT2D eigenvalue weighted by molar-refractivity contribution is 5.11. The predicted molar refractivity (Wildman–Crippen MR) is 62.5 cm³/mol. The predicted octanol–water partition coefficient (Wildman–Crippen LogP) is 1.13. The van der Waals surface area contributed by atoms with Crippen molar-refractivity contribution in [2.24, 2.45) is 0 Å². The van der Waals surface area contributed by atoms with E-state index in [4.69, 9.17) is 4.74 Å². The first-order valence-electron chi connectivity index (χ1n) is 6.81. The quantitative estimate of drug-likeness (QED) is 0.665. The second-order valence-electron chi connectivity index (χ2n) is 6.60. The van der Waals surface area contributed by atoms with Crippen LogP contribution in [0.2, 0.25) is 0 Å². The first-order chi connectivity index (χ1) is 7.70. The van der Waals surface area contributed by atoms with E-state index in [9.17, 15) is 0 Å². The smallest absolute Gasteiger partial charge is 0.0839 e. The number of nitrogens with zero attached hydrogens (tertiary/aromatic N) is 1. The molecule has 4 rings (SSSR count). The number of ether oxygens (including phenoxy) is 1. The minimum absolute atomic E-state index is 0.194. The average molecular weight is 222 g/mol. The lowest BCUT2D eigenvalue weighted by atomic mass is 9.85. The van der Waals surface area contributed by atoms with Crippen molar-refractivity contribution < 1.29 is 4.74 Å². The monoisotopic (exact) mass is 222 g/mol. The van der Waals surface area contributed by atoms with Gasteiger partial charge >= 0.3 is 0 Å². The Kier molecular flexibility index (Phi) is 1.85. The van der Waals surface area contributed by atoms with E-state index in [1.165, 1.54) is 45.1 Å². The number of fused-ring (bicyclic) bond motifs is 2. The van der Waals surface area contributed by atoms with E-state index in [1.807, 2.05) is 0 Å². The third kappa shape index (κ3) is 1.31. The van der Waals surface area contributed by atoms with Crippen LogP contribution < -0.4 is 5.32 Å². The summed E-state index contributed by atoms with van der Waals surface area (Å²) in [6, 6.07) is 1.47. The Morgan fingerprint density at radius 2 is 1.88 bits per heavy atom. The van der Waals surface area contributed by atoms with Gasteiger partial charge in [-0.15, -0.1) is 0 Å². The molecule has 1 saturated carbocycles. The van der Waals surface area contributed by atoms with Crippen LogP contribution in [0.5, 0.6) is 0 Å². The van der Waals surface area contributed by atoms with E-state index in [0.717, 1.165) is 18.7 Å². The molecule has 3 aliphatic heterocycles. The summed E-state index contributed by atoms with van der Waals surface area (Å²) in [5.41, 5.74) is 0.648. The molecule has 0 aromatic heterocycles. The number of nitrogens with one attached hydrogen (secondary N) is 1. The average Bonchev–Trinajstić information content (AvgIpc) is 2.96. The summed E-state index contributed by atoms with van der Waals surface area (Å²) in [5.74, 6) is 0. The zero-order valence-electron chi connectivity index (χ0n) is 10.2. The molecule has 3 atom stereocenters. The van der Waals surface area contributed by atoms with Crippen LogP contribution >= 0.6 is 0 Å². The Bertz CT molecular complexity index is 301. The lowest BCUT2D eigenvalue weighted by molar-refractivity contribution is -0.154. The summed E-state index contributed by atoms with van der Waals surface area (Å²) >= 11 is 0. The molecule has 3 heterocycles. The molecule has 1 aliphatic carbocycles. The van der Waals surface area contributed by atoms with Crippen molar-refractivity contribution in [2.75, 3.05) is 20.2 Å². The molecule has 90 valence electrons. The molecule has 16 heavy (non-hydrogen) atoms. The number of likely N-dealkylation sites (N-methyl/N-ethyl adjacent to an activating group) is 1. The van der Waals surface area contributed by atoms with Gasteiger partial charge in [0.25, 0.3) is 0 Å². The van der Waals surface area contributed by atoms with Crippen molar-refractivity contribution in [1.82, 2.24) is 10.2 Å². The summed E-state index contributed by atoms with van der Waals surface area (Å²) in [7, 11) is 2.31. The largest absolute Gasteiger partial charge is 0.372 e. The lowest BCUT2D eigenvalue weighted by Crippen LogP contribution is -2.61. The number of hydrogen-bond acceptors (Lipinski definition) is 3. The number of rotatable bonds is 0. The van der Waals surface area contributed by atoms with Crippen LogP contribution in [0, 0.1) is 0 Å².